The minimum absolute atomic E-state index is 0.813. The highest BCUT2D eigenvalue weighted by Gasteiger charge is 2.62. The number of allylic oxidation sites excluding steroid dienone is 1. The Morgan fingerprint density at radius 3 is 1.11 bits per heavy atom. The Kier molecular flexibility index (Phi) is 14.4. The number of rotatable bonds is 7. The second-order valence-corrected chi connectivity index (χ2v) is 27.5. The second kappa shape index (κ2) is 20.6. The Hall–Kier alpha value is -0.300. The van der Waals surface area contributed by atoms with Crippen LogP contribution in [-0.4, -0.2) is 12.6 Å². The van der Waals surface area contributed by atoms with E-state index in [1.807, 2.05) is 5.57 Å². The lowest BCUT2D eigenvalue weighted by molar-refractivity contribution is -0.175. The fourth-order valence-corrected chi connectivity index (χ4v) is 22.8. The van der Waals surface area contributed by atoms with E-state index in [9.17, 15) is 0 Å². The van der Waals surface area contributed by atoms with Crippen molar-refractivity contribution in [2.45, 2.75) is 256 Å². The molecule has 12 aliphatic rings. The molecule has 0 aromatic rings. The van der Waals surface area contributed by atoms with Crippen molar-refractivity contribution in [3.8, 4) is 0 Å². The van der Waals surface area contributed by atoms with E-state index in [-0.39, 0.29) is 0 Å². The molecule has 1 nitrogen and oxygen atoms in total. The summed E-state index contributed by atoms with van der Waals surface area (Å²) in [7, 11) is 0. The van der Waals surface area contributed by atoms with Crippen molar-refractivity contribution in [1.29, 1.82) is 0 Å². The van der Waals surface area contributed by atoms with Crippen molar-refractivity contribution >= 4 is 0 Å². The summed E-state index contributed by atoms with van der Waals surface area (Å²) >= 11 is 0. The van der Waals surface area contributed by atoms with Crippen LogP contribution in [0.2, 0.25) is 0 Å². The van der Waals surface area contributed by atoms with Crippen molar-refractivity contribution in [2.24, 2.45) is 118 Å². The highest BCUT2D eigenvalue weighted by molar-refractivity contribution is 5.16. The monoisotopic (exact) mass is 874 g/mol. The van der Waals surface area contributed by atoms with E-state index in [4.69, 9.17) is 0 Å². The molecule has 1 aliphatic heterocycles. The average molecular weight is 875 g/mol. The molecule has 0 aromatic heterocycles. The first kappa shape index (κ1) is 44.9. The Labute approximate surface area is 396 Å². The SMILES string of the molecule is C(=C(C1CCCCC1)C1CCCCC1)C1CNC2CCC(C3C4CCCCC4C(C4C5CCCCC5C(C5CCC(C6CCCCC6)CC5)C5CCCCC54)C4CCCCC43)CC2C1. The van der Waals surface area contributed by atoms with Crippen LogP contribution in [0.1, 0.15) is 250 Å². The van der Waals surface area contributed by atoms with E-state index in [0.717, 1.165) is 124 Å². The predicted octanol–water partition coefficient (Wildman–Crippen LogP) is 17.6. The molecule has 1 heteroatoms. The maximum atomic E-state index is 4.32. The standard InChI is InChI=1S/C63H103N/c1-4-18-43(19-5-1)44-32-34-47(35-33-44)60-50-24-10-14-28-54(50)62(55-29-15-11-25-51(55)60)63-56-30-16-12-26-52(56)61(53-27-13-17-31-57(53)63)48-36-37-59-49(40-48)38-42(41-64-59)39-58(45-20-6-2-7-21-45)46-22-8-3-9-23-46/h39,42-57,59-64H,1-38,40-41H2. The quantitative estimate of drug-likeness (QED) is 0.251. The third-order valence-electron chi connectivity index (χ3n) is 25.0. The smallest absolute Gasteiger partial charge is 0.00959 e. The van der Waals surface area contributed by atoms with Gasteiger partial charge < -0.3 is 5.32 Å². The van der Waals surface area contributed by atoms with Crippen molar-refractivity contribution < 1.29 is 0 Å². The average Bonchev–Trinajstić information content (AvgIpc) is 3.37. The molecule has 1 heterocycles. The summed E-state index contributed by atoms with van der Waals surface area (Å²) in [5.74, 6) is 21.3. The Morgan fingerprint density at radius 1 is 0.281 bits per heavy atom. The second-order valence-electron chi connectivity index (χ2n) is 27.5. The van der Waals surface area contributed by atoms with Crippen molar-refractivity contribution in [3.05, 3.63) is 11.6 Å². The van der Waals surface area contributed by atoms with Gasteiger partial charge in [-0.2, -0.15) is 0 Å². The van der Waals surface area contributed by atoms with Crippen LogP contribution in [0, 0.1) is 118 Å². The molecule has 12 unspecified atom stereocenters. The maximum absolute atomic E-state index is 4.32. The van der Waals surface area contributed by atoms with E-state index in [0.29, 0.717) is 0 Å². The molecule has 64 heavy (non-hydrogen) atoms. The van der Waals surface area contributed by atoms with Crippen LogP contribution in [0.15, 0.2) is 11.6 Å². The van der Waals surface area contributed by atoms with Crippen LogP contribution in [-0.2, 0) is 0 Å². The molecule has 0 radical (unpaired) electrons. The molecule has 11 saturated carbocycles. The number of nitrogens with one attached hydrogen (secondary N) is 1. The Balaban J connectivity index is 0.796. The van der Waals surface area contributed by atoms with Gasteiger partial charge in [0.25, 0.3) is 0 Å². The summed E-state index contributed by atoms with van der Waals surface area (Å²) in [6, 6.07) is 0.832. The molecule has 1 saturated heterocycles. The predicted molar refractivity (Wildman–Crippen MR) is 270 cm³/mol. The first-order valence-electron chi connectivity index (χ1n) is 31.2. The van der Waals surface area contributed by atoms with E-state index in [2.05, 4.69) is 11.4 Å². The molecule has 0 spiro atoms. The first-order valence-corrected chi connectivity index (χ1v) is 31.2. The summed E-state index contributed by atoms with van der Waals surface area (Å²) in [6.45, 7) is 1.30. The van der Waals surface area contributed by atoms with Gasteiger partial charge in [-0.3, -0.25) is 0 Å². The molecule has 11 aliphatic carbocycles. The number of piperidine rings is 1. The fraction of sp³-hybridized carbons (Fsp3) is 0.968. The summed E-state index contributed by atoms with van der Waals surface area (Å²) in [6.07, 6.45) is 64.4. The molecular formula is C63H103N. The van der Waals surface area contributed by atoms with Crippen LogP contribution >= 0.6 is 0 Å². The summed E-state index contributed by atoms with van der Waals surface area (Å²) < 4.78 is 0. The lowest BCUT2D eigenvalue weighted by Gasteiger charge is -2.66. The lowest BCUT2D eigenvalue weighted by atomic mass is 9.39. The van der Waals surface area contributed by atoms with Gasteiger partial charge in [-0.25, -0.2) is 0 Å². The largest absolute Gasteiger partial charge is 0.313 e. The lowest BCUT2D eigenvalue weighted by Crippen LogP contribution is -2.60. The molecule has 0 bridgehead atoms. The molecule has 12 atom stereocenters. The normalized spacial score (nSPS) is 48.7. The Morgan fingerprint density at radius 2 is 0.641 bits per heavy atom. The molecule has 360 valence electrons. The van der Waals surface area contributed by atoms with Crippen LogP contribution < -0.4 is 5.32 Å². The van der Waals surface area contributed by atoms with Crippen molar-refractivity contribution in [3.63, 3.8) is 0 Å². The van der Waals surface area contributed by atoms with E-state index < -0.39 is 0 Å². The zero-order chi connectivity index (χ0) is 42.4. The van der Waals surface area contributed by atoms with Crippen LogP contribution in [0.5, 0.6) is 0 Å². The molecule has 0 aromatic carbocycles. The molecular weight excluding hydrogens is 771 g/mol. The first-order chi connectivity index (χ1) is 31.8. The number of fused-ring (bicyclic) bond motifs is 5. The van der Waals surface area contributed by atoms with E-state index in [1.165, 1.54) is 90.0 Å². The highest BCUT2D eigenvalue weighted by Crippen LogP contribution is 2.68. The van der Waals surface area contributed by atoms with Gasteiger partial charge in [-0.05, 0) is 247 Å². The third-order valence-corrected chi connectivity index (χ3v) is 25.0. The molecule has 12 rings (SSSR count). The van der Waals surface area contributed by atoms with Gasteiger partial charge in [-0.1, -0.05) is 134 Å². The van der Waals surface area contributed by atoms with Gasteiger partial charge in [0.15, 0.2) is 0 Å². The molecule has 12 fully saturated rings. The summed E-state index contributed by atoms with van der Waals surface area (Å²) in [5.41, 5.74) is 2.00. The third kappa shape index (κ3) is 8.91. The minimum Gasteiger partial charge on any atom is -0.313 e. The maximum Gasteiger partial charge on any atom is 0.00959 e. The van der Waals surface area contributed by atoms with E-state index in [1.54, 1.807) is 167 Å². The van der Waals surface area contributed by atoms with Crippen molar-refractivity contribution in [1.82, 2.24) is 5.32 Å². The van der Waals surface area contributed by atoms with Gasteiger partial charge in [0, 0.05) is 12.6 Å². The fourth-order valence-electron chi connectivity index (χ4n) is 22.8. The summed E-state index contributed by atoms with van der Waals surface area (Å²) in [4.78, 5) is 0. The highest BCUT2D eigenvalue weighted by atomic mass is 14.9. The van der Waals surface area contributed by atoms with Crippen molar-refractivity contribution in [2.75, 3.05) is 6.54 Å². The van der Waals surface area contributed by atoms with Gasteiger partial charge in [-0.15, -0.1) is 0 Å². The molecule has 0 amide bonds. The van der Waals surface area contributed by atoms with Gasteiger partial charge >= 0.3 is 0 Å². The van der Waals surface area contributed by atoms with Gasteiger partial charge in [0.05, 0.1) is 0 Å². The summed E-state index contributed by atoms with van der Waals surface area (Å²) in [5, 5.41) is 4.32. The minimum atomic E-state index is 0.813. The molecule has 1 N–H and O–H groups in total. The number of hydrogen-bond acceptors (Lipinski definition) is 1. The zero-order valence-electron chi connectivity index (χ0n) is 42.0. The van der Waals surface area contributed by atoms with Gasteiger partial charge in [0.1, 0.15) is 0 Å². The van der Waals surface area contributed by atoms with Crippen LogP contribution in [0.3, 0.4) is 0 Å². The van der Waals surface area contributed by atoms with Gasteiger partial charge in [0.2, 0.25) is 0 Å². The topological polar surface area (TPSA) is 12.0 Å². The van der Waals surface area contributed by atoms with Crippen LogP contribution in [0.25, 0.3) is 0 Å². The van der Waals surface area contributed by atoms with Crippen LogP contribution in [0.4, 0.5) is 0 Å². The Bertz CT molecular complexity index is 1430. The van der Waals surface area contributed by atoms with E-state index >= 15 is 0 Å². The zero-order valence-corrected chi connectivity index (χ0v) is 42.0. The number of hydrogen-bond donors (Lipinski definition) is 1.